The van der Waals surface area contributed by atoms with Crippen LogP contribution in [0.3, 0.4) is 0 Å². The molecular formula is C39H70O4. The highest BCUT2D eigenvalue weighted by atomic mass is 16.5. The van der Waals surface area contributed by atoms with Gasteiger partial charge in [-0.1, -0.05) is 134 Å². The highest BCUT2D eigenvalue weighted by molar-refractivity contribution is 5.69. The van der Waals surface area contributed by atoms with Crippen LogP contribution in [0.5, 0.6) is 0 Å². The van der Waals surface area contributed by atoms with Gasteiger partial charge in [-0.2, -0.15) is 0 Å². The Kier molecular flexibility index (Phi) is 34.8. The van der Waals surface area contributed by atoms with Gasteiger partial charge in [0.2, 0.25) is 0 Å². The van der Waals surface area contributed by atoms with E-state index in [1.165, 1.54) is 116 Å². The maximum Gasteiger partial charge on any atom is 0.305 e. The van der Waals surface area contributed by atoms with Gasteiger partial charge in [0, 0.05) is 19.3 Å². The van der Waals surface area contributed by atoms with Crippen LogP contribution >= 0.6 is 0 Å². The lowest BCUT2D eigenvalue weighted by Gasteiger charge is -2.06. The molecule has 0 aliphatic heterocycles. The monoisotopic (exact) mass is 603 g/mol. The summed E-state index contributed by atoms with van der Waals surface area (Å²) in [6, 6.07) is 0. The molecule has 0 aliphatic rings. The van der Waals surface area contributed by atoms with Crippen molar-refractivity contribution in [3.05, 3.63) is 36.5 Å². The van der Waals surface area contributed by atoms with Crippen molar-refractivity contribution in [3.8, 4) is 0 Å². The molecule has 0 rings (SSSR count). The van der Waals surface area contributed by atoms with Gasteiger partial charge in [-0.25, -0.2) is 0 Å². The molecule has 0 N–H and O–H groups in total. The molecular weight excluding hydrogens is 532 g/mol. The normalized spacial score (nSPS) is 11.8. The zero-order chi connectivity index (χ0) is 31.3. The molecule has 0 fully saturated rings. The van der Waals surface area contributed by atoms with Crippen LogP contribution < -0.4 is 0 Å². The van der Waals surface area contributed by atoms with Crippen molar-refractivity contribution in [1.29, 1.82) is 0 Å². The molecule has 0 spiro atoms. The first-order chi connectivity index (χ1) is 21.2. The molecule has 4 heteroatoms. The summed E-state index contributed by atoms with van der Waals surface area (Å²) in [4.78, 5) is 23.8. The zero-order valence-corrected chi connectivity index (χ0v) is 28.6. The molecule has 4 nitrogen and oxygen atoms in total. The number of esters is 2. The molecule has 0 aromatic rings. The third-order valence-corrected chi connectivity index (χ3v) is 7.79. The minimum Gasteiger partial charge on any atom is -0.466 e. The Morgan fingerprint density at radius 1 is 0.395 bits per heavy atom. The lowest BCUT2D eigenvalue weighted by molar-refractivity contribution is -0.146. The van der Waals surface area contributed by atoms with Crippen LogP contribution in [0.4, 0.5) is 0 Å². The Bertz CT molecular complexity index is 679. The summed E-state index contributed by atoms with van der Waals surface area (Å²) in [5, 5.41) is 0. The van der Waals surface area contributed by atoms with E-state index in [1.807, 2.05) is 0 Å². The molecule has 0 aliphatic carbocycles. The molecule has 0 heterocycles. The van der Waals surface area contributed by atoms with E-state index in [4.69, 9.17) is 9.47 Å². The van der Waals surface area contributed by atoms with Gasteiger partial charge < -0.3 is 9.47 Å². The van der Waals surface area contributed by atoms with Gasteiger partial charge in [-0.15, -0.1) is 0 Å². The summed E-state index contributed by atoms with van der Waals surface area (Å²) in [5.41, 5.74) is 0. The minimum atomic E-state index is -0.134. The van der Waals surface area contributed by atoms with E-state index >= 15 is 0 Å². The number of allylic oxidation sites excluding steroid dienone is 6. The first-order valence-electron chi connectivity index (χ1n) is 18.5. The molecule has 0 amide bonds. The smallest absolute Gasteiger partial charge is 0.305 e. The molecule has 0 bridgehead atoms. The van der Waals surface area contributed by atoms with Gasteiger partial charge in [0.25, 0.3) is 0 Å². The van der Waals surface area contributed by atoms with Crippen molar-refractivity contribution in [1.82, 2.24) is 0 Å². The molecule has 0 saturated carbocycles. The molecule has 0 aromatic carbocycles. The summed E-state index contributed by atoms with van der Waals surface area (Å²) in [6.45, 7) is 5.17. The van der Waals surface area contributed by atoms with Crippen molar-refractivity contribution in [3.63, 3.8) is 0 Å². The van der Waals surface area contributed by atoms with Crippen LogP contribution in [0.25, 0.3) is 0 Å². The summed E-state index contributed by atoms with van der Waals surface area (Å²) in [6.07, 6.45) is 44.6. The Morgan fingerprint density at radius 2 is 0.721 bits per heavy atom. The number of carbonyl (C=O) groups excluding carboxylic acids is 2. The third kappa shape index (κ3) is 36.3. The summed E-state index contributed by atoms with van der Waals surface area (Å²) < 4.78 is 10.6. The molecule has 0 radical (unpaired) electrons. The number of unbranched alkanes of at least 4 members (excludes halogenated alkanes) is 19. The Labute approximate surface area is 267 Å². The van der Waals surface area contributed by atoms with Crippen LogP contribution in [0.1, 0.15) is 187 Å². The lowest BCUT2D eigenvalue weighted by Crippen LogP contribution is -2.10. The highest BCUT2D eigenvalue weighted by Crippen LogP contribution is 2.11. The zero-order valence-electron chi connectivity index (χ0n) is 28.6. The first kappa shape index (κ1) is 41.2. The van der Waals surface area contributed by atoms with E-state index in [0.29, 0.717) is 32.5 Å². The van der Waals surface area contributed by atoms with Crippen molar-refractivity contribution in [2.75, 3.05) is 13.2 Å². The lowest BCUT2D eigenvalue weighted by atomic mass is 10.1. The van der Waals surface area contributed by atoms with E-state index in [1.54, 1.807) is 0 Å². The van der Waals surface area contributed by atoms with Crippen LogP contribution in [0.15, 0.2) is 36.5 Å². The number of carbonyl (C=O) groups is 2. The fourth-order valence-corrected chi connectivity index (χ4v) is 5.00. The largest absolute Gasteiger partial charge is 0.466 e. The summed E-state index contributed by atoms with van der Waals surface area (Å²) in [5.74, 6) is -0.264. The molecule has 0 unspecified atom stereocenters. The Morgan fingerprint density at radius 3 is 1.16 bits per heavy atom. The van der Waals surface area contributed by atoms with E-state index in [9.17, 15) is 9.59 Å². The van der Waals surface area contributed by atoms with Crippen molar-refractivity contribution in [2.24, 2.45) is 0 Å². The van der Waals surface area contributed by atoms with Crippen LogP contribution in [-0.4, -0.2) is 25.2 Å². The standard InChI is InChI=1S/C39H70O4/c1-3-5-7-9-11-13-15-17-19-21-23-25-27-29-31-34-38(40)42-36-33-37-43-39(41)35-32-30-28-26-24-22-20-18-16-14-12-10-8-6-4-2/h11,13,17-20H,3-10,12,14-16,21-37H2,1-2H3. The van der Waals surface area contributed by atoms with E-state index < -0.39 is 0 Å². The summed E-state index contributed by atoms with van der Waals surface area (Å²) in [7, 11) is 0. The Hall–Kier alpha value is -1.84. The van der Waals surface area contributed by atoms with Gasteiger partial charge in [-0.05, 0) is 70.6 Å². The van der Waals surface area contributed by atoms with E-state index in [-0.39, 0.29) is 11.9 Å². The van der Waals surface area contributed by atoms with Crippen LogP contribution in [0, 0.1) is 0 Å². The minimum absolute atomic E-state index is 0.130. The third-order valence-electron chi connectivity index (χ3n) is 7.79. The van der Waals surface area contributed by atoms with Gasteiger partial charge in [-0.3, -0.25) is 9.59 Å². The second kappa shape index (κ2) is 36.4. The van der Waals surface area contributed by atoms with Gasteiger partial charge in [0.1, 0.15) is 0 Å². The first-order valence-corrected chi connectivity index (χ1v) is 18.5. The van der Waals surface area contributed by atoms with Gasteiger partial charge in [0.15, 0.2) is 0 Å². The molecule has 0 saturated heterocycles. The van der Waals surface area contributed by atoms with Crippen molar-refractivity contribution in [2.45, 2.75) is 187 Å². The van der Waals surface area contributed by atoms with Crippen LogP contribution in [0.2, 0.25) is 0 Å². The molecule has 250 valence electrons. The van der Waals surface area contributed by atoms with Crippen molar-refractivity contribution >= 4 is 11.9 Å². The summed E-state index contributed by atoms with van der Waals surface area (Å²) >= 11 is 0. The molecule has 0 aromatic heterocycles. The molecule has 43 heavy (non-hydrogen) atoms. The average Bonchev–Trinajstić information content (AvgIpc) is 3.00. The maximum absolute atomic E-state index is 11.9. The van der Waals surface area contributed by atoms with Gasteiger partial charge in [0.05, 0.1) is 13.2 Å². The number of hydrogen-bond acceptors (Lipinski definition) is 4. The fraction of sp³-hybridized carbons (Fsp3) is 0.795. The van der Waals surface area contributed by atoms with E-state index in [2.05, 4.69) is 50.3 Å². The predicted octanol–water partition coefficient (Wildman–Crippen LogP) is 12.3. The number of hydrogen-bond donors (Lipinski definition) is 0. The quantitative estimate of drug-likeness (QED) is 0.0426. The second-order valence-electron chi connectivity index (χ2n) is 12.1. The average molecular weight is 603 g/mol. The van der Waals surface area contributed by atoms with Crippen molar-refractivity contribution < 1.29 is 19.1 Å². The predicted molar refractivity (Wildman–Crippen MR) is 185 cm³/mol. The SMILES string of the molecule is CCCCCC=CCC=CCCCCCCCC(=O)OCCCOC(=O)CCCCCCCC=CCCCCCCCC. The second-order valence-corrected chi connectivity index (χ2v) is 12.1. The highest BCUT2D eigenvalue weighted by Gasteiger charge is 2.05. The fourth-order valence-electron chi connectivity index (χ4n) is 5.00. The number of ether oxygens (including phenoxy) is 2. The maximum atomic E-state index is 11.9. The number of rotatable bonds is 33. The molecule has 0 atom stereocenters. The van der Waals surface area contributed by atoms with E-state index in [0.717, 1.165) is 38.5 Å². The van der Waals surface area contributed by atoms with Crippen LogP contribution in [-0.2, 0) is 19.1 Å². The Balaban J connectivity index is 3.36. The van der Waals surface area contributed by atoms with Gasteiger partial charge >= 0.3 is 11.9 Å². The topological polar surface area (TPSA) is 52.6 Å².